The summed E-state index contributed by atoms with van der Waals surface area (Å²) in [7, 11) is 0. The molecule has 0 saturated carbocycles. The van der Waals surface area contributed by atoms with Gasteiger partial charge in [0, 0.05) is 0 Å². The van der Waals surface area contributed by atoms with Crippen molar-refractivity contribution in [2.45, 2.75) is 18.5 Å². The number of rotatable bonds is 2. The zero-order valence-corrected chi connectivity index (χ0v) is 14.4. The van der Waals surface area contributed by atoms with E-state index in [4.69, 9.17) is 4.98 Å². The highest BCUT2D eigenvalue weighted by atomic mass is 19.1. The molecule has 1 N–H and O–H groups in total. The van der Waals surface area contributed by atoms with E-state index in [1.807, 2.05) is 36.4 Å². The quantitative estimate of drug-likeness (QED) is 0.514. The maximum absolute atomic E-state index is 13.5. The van der Waals surface area contributed by atoms with Crippen molar-refractivity contribution in [2.24, 2.45) is 0 Å². The van der Waals surface area contributed by atoms with E-state index in [0.29, 0.717) is 0 Å². The monoisotopic (exact) mass is 361 g/mol. The number of imidazole rings is 1. The summed E-state index contributed by atoms with van der Waals surface area (Å²) in [5.41, 5.74) is 3.97. The van der Waals surface area contributed by atoms with Crippen LogP contribution in [-0.4, -0.2) is 9.55 Å². The third kappa shape index (κ3) is 2.76. The van der Waals surface area contributed by atoms with E-state index in [2.05, 4.69) is 9.88 Å². The SMILES string of the molecule is Fc1ccc([C@H]2C[C@@H](c3ccc(F)cc3)n3c(nc4ccccc43)N2)cc1. The Balaban J connectivity index is 1.65. The number of halogens is 2. The third-order valence-electron chi connectivity index (χ3n) is 5.20. The molecule has 0 aliphatic carbocycles. The molecule has 0 unspecified atom stereocenters. The van der Waals surface area contributed by atoms with Gasteiger partial charge in [-0.3, -0.25) is 0 Å². The fourth-order valence-electron chi connectivity index (χ4n) is 3.89. The van der Waals surface area contributed by atoms with Crippen molar-refractivity contribution in [3.63, 3.8) is 0 Å². The van der Waals surface area contributed by atoms with Crippen molar-refractivity contribution >= 4 is 17.0 Å². The van der Waals surface area contributed by atoms with E-state index < -0.39 is 0 Å². The van der Waals surface area contributed by atoms with Crippen LogP contribution in [-0.2, 0) is 0 Å². The summed E-state index contributed by atoms with van der Waals surface area (Å²) in [6, 6.07) is 21.1. The molecule has 1 aromatic heterocycles. The average Bonchev–Trinajstić information content (AvgIpc) is 3.07. The summed E-state index contributed by atoms with van der Waals surface area (Å²) in [5, 5.41) is 3.49. The lowest BCUT2D eigenvalue weighted by Crippen LogP contribution is -2.27. The molecule has 27 heavy (non-hydrogen) atoms. The van der Waals surface area contributed by atoms with E-state index in [1.165, 1.54) is 24.3 Å². The molecule has 0 amide bonds. The molecular formula is C22H17F2N3. The summed E-state index contributed by atoms with van der Waals surface area (Å²) in [6.07, 6.45) is 0.755. The second kappa shape index (κ2) is 6.20. The van der Waals surface area contributed by atoms with Gasteiger partial charge in [0.05, 0.1) is 23.1 Å². The van der Waals surface area contributed by atoms with E-state index >= 15 is 0 Å². The smallest absolute Gasteiger partial charge is 0.204 e. The first-order valence-electron chi connectivity index (χ1n) is 8.93. The van der Waals surface area contributed by atoms with E-state index in [-0.39, 0.29) is 23.7 Å². The van der Waals surface area contributed by atoms with Gasteiger partial charge >= 0.3 is 0 Å². The summed E-state index contributed by atoms with van der Waals surface area (Å²) >= 11 is 0. The Bertz CT molecular complexity index is 1100. The number of nitrogens with one attached hydrogen (secondary N) is 1. The fraction of sp³-hybridized carbons (Fsp3) is 0.136. The summed E-state index contributed by atoms with van der Waals surface area (Å²) in [6.45, 7) is 0. The molecule has 3 nitrogen and oxygen atoms in total. The van der Waals surface area contributed by atoms with Gasteiger partial charge in [0.1, 0.15) is 11.6 Å². The van der Waals surface area contributed by atoms with E-state index in [0.717, 1.165) is 34.5 Å². The molecule has 0 spiro atoms. The van der Waals surface area contributed by atoms with Crippen LogP contribution >= 0.6 is 0 Å². The van der Waals surface area contributed by atoms with Gasteiger partial charge in [-0.15, -0.1) is 0 Å². The molecule has 5 rings (SSSR count). The third-order valence-corrected chi connectivity index (χ3v) is 5.20. The summed E-state index contributed by atoms with van der Waals surface area (Å²) in [5.74, 6) is 0.265. The maximum atomic E-state index is 13.5. The Hall–Kier alpha value is -3.21. The van der Waals surface area contributed by atoms with Crippen molar-refractivity contribution in [3.05, 3.63) is 95.6 Å². The first-order valence-corrected chi connectivity index (χ1v) is 8.93. The van der Waals surface area contributed by atoms with Gasteiger partial charge in [-0.25, -0.2) is 13.8 Å². The Morgan fingerprint density at radius 3 is 2.15 bits per heavy atom. The van der Waals surface area contributed by atoms with Gasteiger partial charge in [0.2, 0.25) is 5.95 Å². The minimum atomic E-state index is -0.253. The molecule has 134 valence electrons. The van der Waals surface area contributed by atoms with Crippen LogP contribution < -0.4 is 5.32 Å². The molecule has 1 aliphatic rings. The Morgan fingerprint density at radius 1 is 0.815 bits per heavy atom. The molecule has 3 aromatic carbocycles. The van der Waals surface area contributed by atoms with Crippen LogP contribution in [0.5, 0.6) is 0 Å². The van der Waals surface area contributed by atoms with Crippen molar-refractivity contribution in [2.75, 3.05) is 5.32 Å². The van der Waals surface area contributed by atoms with Gasteiger partial charge in [-0.05, 0) is 53.9 Å². The normalized spacial score (nSPS) is 18.9. The molecule has 1 aliphatic heterocycles. The van der Waals surface area contributed by atoms with E-state index in [9.17, 15) is 8.78 Å². The van der Waals surface area contributed by atoms with Crippen LogP contribution in [0.15, 0.2) is 72.8 Å². The number of fused-ring (bicyclic) bond motifs is 3. The lowest BCUT2D eigenvalue weighted by atomic mass is 9.93. The summed E-state index contributed by atoms with van der Waals surface area (Å²) < 4.78 is 29.0. The molecule has 0 bridgehead atoms. The van der Waals surface area contributed by atoms with Crippen LogP contribution in [0.2, 0.25) is 0 Å². The molecule has 2 heterocycles. The molecule has 0 radical (unpaired) electrons. The number of para-hydroxylation sites is 2. The van der Waals surface area contributed by atoms with Crippen LogP contribution in [0, 0.1) is 11.6 Å². The number of anilines is 1. The van der Waals surface area contributed by atoms with Gasteiger partial charge in [0.25, 0.3) is 0 Å². The highest BCUT2D eigenvalue weighted by Gasteiger charge is 2.30. The standard InChI is InChI=1S/C22H17F2N3/c23-16-9-5-14(6-10-16)19-13-21(15-7-11-17(24)12-8-15)27-20-4-2-1-3-18(20)25-22(27)26-19/h1-12,19,21H,13H2,(H,25,26)/t19-,21+/m1/s1. The van der Waals surface area contributed by atoms with Crippen LogP contribution in [0.4, 0.5) is 14.7 Å². The number of nitrogens with zero attached hydrogens (tertiary/aromatic N) is 2. The van der Waals surface area contributed by atoms with Gasteiger partial charge in [-0.2, -0.15) is 0 Å². The second-order valence-corrected chi connectivity index (χ2v) is 6.85. The number of aromatic nitrogens is 2. The Kier molecular flexibility index (Phi) is 3.67. The van der Waals surface area contributed by atoms with Gasteiger partial charge in [0.15, 0.2) is 0 Å². The minimum Gasteiger partial charge on any atom is -0.349 e. The minimum absolute atomic E-state index is 0.00398. The predicted molar refractivity (Wildman–Crippen MR) is 102 cm³/mol. The molecule has 4 aromatic rings. The van der Waals surface area contributed by atoms with Crippen LogP contribution in [0.3, 0.4) is 0 Å². The summed E-state index contributed by atoms with van der Waals surface area (Å²) in [4.78, 5) is 4.74. The van der Waals surface area contributed by atoms with Gasteiger partial charge in [-0.1, -0.05) is 36.4 Å². The fourth-order valence-corrected chi connectivity index (χ4v) is 3.89. The highest BCUT2D eigenvalue weighted by molar-refractivity contribution is 5.79. The van der Waals surface area contributed by atoms with Crippen molar-refractivity contribution < 1.29 is 8.78 Å². The van der Waals surface area contributed by atoms with Crippen LogP contribution in [0.25, 0.3) is 11.0 Å². The first kappa shape index (κ1) is 16.0. The topological polar surface area (TPSA) is 29.9 Å². The van der Waals surface area contributed by atoms with Crippen molar-refractivity contribution in [1.29, 1.82) is 0 Å². The molecule has 5 heteroatoms. The zero-order valence-electron chi connectivity index (χ0n) is 14.4. The Morgan fingerprint density at radius 2 is 1.44 bits per heavy atom. The second-order valence-electron chi connectivity index (χ2n) is 6.85. The van der Waals surface area contributed by atoms with E-state index in [1.54, 1.807) is 12.1 Å². The molecule has 0 saturated heterocycles. The van der Waals surface area contributed by atoms with Crippen molar-refractivity contribution in [3.8, 4) is 0 Å². The highest BCUT2D eigenvalue weighted by Crippen LogP contribution is 2.41. The van der Waals surface area contributed by atoms with Crippen molar-refractivity contribution in [1.82, 2.24) is 9.55 Å². The maximum Gasteiger partial charge on any atom is 0.204 e. The number of hydrogen-bond acceptors (Lipinski definition) is 2. The predicted octanol–water partition coefficient (Wildman–Crippen LogP) is 5.46. The lowest BCUT2D eigenvalue weighted by molar-refractivity contribution is 0.476. The molecule has 0 fully saturated rings. The zero-order chi connectivity index (χ0) is 18.4. The average molecular weight is 361 g/mol. The largest absolute Gasteiger partial charge is 0.349 e. The van der Waals surface area contributed by atoms with Crippen LogP contribution in [0.1, 0.15) is 29.6 Å². The number of benzene rings is 3. The van der Waals surface area contributed by atoms with Gasteiger partial charge < -0.3 is 9.88 Å². The molecule has 2 atom stereocenters. The first-order chi connectivity index (χ1) is 13.2. The Labute approximate surface area is 155 Å². The molecular weight excluding hydrogens is 344 g/mol. The lowest BCUT2D eigenvalue weighted by Gasteiger charge is -2.33. The number of hydrogen-bond donors (Lipinski definition) is 1.